The molecule has 8 aromatic heterocycles. The first-order valence-electron chi connectivity index (χ1n) is 32.1. The van der Waals surface area contributed by atoms with Crippen molar-refractivity contribution >= 4 is 34.2 Å². The quantitative estimate of drug-likeness (QED) is 0.100. The Morgan fingerprint density at radius 3 is 1.48 bits per heavy atom. The normalized spacial score (nSPS) is 15.5. The van der Waals surface area contributed by atoms with Gasteiger partial charge in [0.15, 0.2) is 16.9 Å². The van der Waals surface area contributed by atoms with Gasteiger partial charge in [0.25, 0.3) is 5.88 Å². The number of hydrogen-bond acceptors (Lipinski definition) is 13. The third-order valence-electron chi connectivity index (χ3n) is 18.6. The Labute approximate surface area is 540 Å². The number of aryl methyl sites for hydroxylation is 2. The number of nitrogens with zero attached hydrogens (tertiary/aromatic N) is 16. The van der Waals surface area contributed by atoms with Gasteiger partial charge in [0, 0.05) is 61.4 Å². The van der Waals surface area contributed by atoms with E-state index in [2.05, 4.69) is 214 Å². The van der Waals surface area contributed by atoms with Gasteiger partial charge in [-0.05, 0) is 140 Å². The fourth-order valence-corrected chi connectivity index (χ4v) is 12.9. The first-order chi connectivity index (χ1) is 44.6. The lowest BCUT2D eigenvalue weighted by Gasteiger charge is -2.23. The van der Waals surface area contributed by atoms with Gasteiger partial charge >= 0.3 is 0 Å². The number of fused-ring (bicyclic) bond motifs is 4. The summed E-state index contributed by atoms with van der Waals surface area (Å²) in [5.74, 6) is 6.54. The molecular formula is C74H75ClN16O. The molecule has 4 saturated carbocycles. The Morgan fingerprint density at radius 1 is 0.478 bits per heavy atom. The number of hydrogen-bond donors (Lipinski definition) is 0. The molecule has 0 unspecified atom stereocenters. The Morgan fingerprint density at radius 2 is 0.957 bits per heavy atom. The van der Waals surface area contributed by atoms with Crippen LogP contribution in [0.3, 0.4) is 0 Å². The lowest BCUT2D eigenvalue weighted by molar-refractivity contribution is 0.464. The van der Waals surface area contributed by atoms with E-state index in [0.29, 0.717) is 40.1 Å². The highest BCUT2D eigenvalue weighted by atomic mass is 35.5. The van der Waals surface area contributed by atoms with Crippen LogP contribution in [0.5, 0.6) is 11.6 Å². The summed E-state index contributed by atoms with van der Waals surface area (Å²) < 4.78 is 14.2. The Hall–Kier alpha value is -9.61. The van der Waals surface area contributed by atoms with E-state index in [-0.39, 0.29) is 21.7 Å². The van der Waals surface area contributed by atoms with Gasteiger partial charge in [-0.3, -0.25) is 32.6 Å². The molecule has 0 bridgehead atoms. The van der Waals surface area contributed by atoms with Gasteiger partial charge in [0.1, 0.15) is 29.0 Å². The molecule has 13 aromatic rings. The van der Waals surface area contributed by atoms with Gasteiger partial charge < -0.3 is 4.74 Å². The molecule has 8 heterocycles. The average molecular weight is 1240 g/mol. The highest BCUT2D eigenvalue weighted by molar-refractivity contribution is 6.32. The van der Waals surface area contributed by atoms with Crippen molar-refractivity contribution in [1.29, 1.82) is 0 Å². The van der Waals surface area contributed by atoms with Crippen LogP contribution in [0.2, 0.25) is 5.02 Å². The maximum atomic E-state index is 6.19. The molecule has 17 rings (SSSR count). The summed E-state index contributed by atoms with van der Waals surface area (Å²) in [4.78, 5) is 17.9. The number of rotatable bonds is 14. The largest absolute Gasteiger partial charge is 0.434 e. The van der Waals surface area contributed by atoms with Crippen LogP contribution in [0, 0.1) is 19.8 Å². The van der Waals surface area contributed by atoms with Gasteiger partial charge in [-0.25, -0.2) is 4.98 Å². The number of para-hydroxylation sites is 1. The van der Waals surface area contributed by atoms with E-state index in [1.165, 1.54) is 53.5 Å². The summed E-state index contributed by atoms with van der Waals surface area (Å²) in [6.45, 7) is 17.3. The molecule has 4 aliphatic carbocycles. The topological polar surface area (TPSA) is 182 Å². The highest BCUT2D eigenvalue weighted by Crippen LogP contribution is 2.54. The van der Waals surface area contributed by atoms with Crippen LogP contribution in [-0.4, -0.2) is 78.3 Å². The lowest BCUT2D eigenvalue weighted by atomic mass is 9.84. The maximum absolute atomic E-state index is 6.19. The summed E-state index contributed by atoms with van der Waals surface area (Å²) >= 11 is 6.19. The van der Waals surface area contributed by atoms with Crippen molar-refractivity contribution in [2.24, 2.45) is 5.92 Å². The molecule has 0 spiro atoms. The Kier molecular flexibility index (Phi) is 15.8. The van der Waals surface area contributed by atoms with Crippen molar-refractivity contribution in [3.63, 3.8) is 0 Å². The third kappa shape index (κ3) is 11.6. The molecular weight excluding hydrogens is 1160 g/mol. The van der Waals surface area contributed by atoms with Crippen molar-refractivity contribution in [3.05, 3.63) is 262 Å². The van der Waals surface area contributed by atoms with Crippen LogP contribution in [0.4, 0.5) is 0 Å². The number of aromatic nitrogens is 16. The SMILES string of the molecule is CC(C)(c1ccccc1)c1nnc2c(Oc3ccccc3Cl)nccn12.CC(C)Cc1nccn2c(C(C)(C)c3ccccc3)nnc12.Cc1ccc(C2(c3nnc4c(C5CC5)nccn34)CC2)cc1.Cc1cccc(C2(c3nnc4c(C5CC5)nccn34)CC2)c1. The van der Waals surface area contributed by atoms with Crippen LogP contribution >= 0.6 is 11.6 Å². The Bertz CT molecular complexity index is 4770. The number of benzene rings is 5. The molecule has 464 valence electrons. The van der Waals surface area contributed by atoms with E-state index >= 15 is 0 Å². The molecule has 5 aromatic carbocycles. The van der Waals surface area contributed by atoms with Crippen molar-refractivity contribution in [1.82, 2.24) is 78.3 Å². The number of halogens is 1. The molecule has 0 atom stereocenters. The van der Waals surface area contributed by atoms with Crippen molar-refractivity contribution in [2.75, 3.05) is 0 Å². The fraction of sp³-hybridized carbons (Fsp3) is 0.324. The van der Waals surface area contributed by atoms with Crippen LogP contribution in [0.15, 0.2) is 183 Å². The molecule has 0 radical (unpaired) electrons. The second-order valence-electron chi connectivity index (χ2n) is 26.7. The van der Waals surface area contributed by atoms with Gasteiger partial charge in [0.05, 0.1) is 43.8 Å². The summed E-state index contributed by atoms with van der Waals surface area (Å²) in [5.41, 5.74) is 13.9. The zero-order chi connectivity index (χ0) is 63.4. The molecule has 0 saturated heterocycles. The van der Waals surface area contributed by atoms with Crippen molar-refractivity contribution in [2.45, 2.75) is 147 Å². The highest BCUT2D eigenvalue weighted by Gasteiger charge is 2.51. The van der Waals surface area contributed by atoms with Gasteiger partial charge in [-0.1, -0.05) is 158 Å². The molecule has 0 aliphatic heterocycles. The van der Waals surface area contributed by atoms with E-state index in [1.54, 1.807) is 18.3 Å². The second kappa shape index (κ2) is 24.2. The van der Waals surface area contributed by atoms with Crippen LogP contribution < -0.4 is 4.74 Å². The minimum absolute atomic E-state index is 0.0492. The predicted octanol–water partition coefficient (Wildman–Crippen LogP) is 15.3. The lowest BCUT2D eigenvalue weighted by Crippen LogP contribution is -2.22. The first kappa shape index (κ1) is 60.0. The summed E-state index contributed by atoms with van der Waals surface area (Å²) in [6, 6.07) is 45.6. The summed E-state index contributed by atoms with van der Waals surface area (Å²) in [5, 5.41) is 36.3. The molecule has 0 N–H and O–H groups in total. The van der Waals surface area contributed by atoms with Crippen molar-refractivity contribution in [3.8, 4) is 11.6 Å². The smallest absolute Gasteiger partial charge is 0.265 e. The summed E-state index contributed by atoms with van der Waals surface area (Å²) in [7, 11) is 0. The van der Waals surface area contributed by atoms with Crippen LogP contribution in [0.25, 0.3) is 22.6 Å². The third-order valence-corrected chi connectivity index (χ3v) is 18.9. The molecule has 4 fully saturated rings. The second-order valence-corrected chi connectivity index (χ2v) is 27.1. The molecule has 4 aliphatic rings. The average Bonchev–Trinajstić information content (AvgIpc) is 1.57. The van der Waals surface area contributed by atoms with Crippen LogP contribution in [-0.2, 0) is 28.1 Å². The zero-order valence-corrected chi connectivity index (χ0v) is 54.1. The fourth-order valence-electron chi connectivity index (χ4n) is 12.7. The van der Waals surface area contributed by atoms with E-state index in [9.17, 15) is 0 Å². The molecule has 0 amide bonds. The van der Waals surface area contributed by atoms with Crippen molar-refractivity contribution < 1.29 is 4.74 Å². The van der Waals surface area contributed by atoms with Crippen LogP contribution in [0.1, 0.15) is 179 Å². The molecule has 17 nitrogen and oxygen atoms in total. The first-order valence-corrected chi connectivity index (χ1v) is 32.5. The maximum Gasteiger partial charge on any atom is 0.265 e. The summed E-state index contributed by atoms with van der Waals surface area (Å²) in [6.07, 6.45) is 25.6. The van der Waals surface area contributed by atoms with E-state index in [4.69, 9.17) is 16.3 Å². The van der Waals surface area contributed by atoms with E-state index in [1.807, 2.05) is 84.2 Å². The van der Waals surface area contributed by atoms with Gasteiger partial charge in [-0.15, -0.1) is 40.8 Å². The minimum Gasteiger partial charge on any atom is -0.434 e. The standard InChI is InChI=1S/C20H17ClN4O.2C18H18N4.C18H22N4/c1-20(2,14-8-4-3-5-9-14)19-24-23-17-18(22-12-13-25(17)19)26-16-11-7-6-10-15(16)21;1-12-2-6-14(7-3-12)18(8-9-18)17-21-20-16-15(13-4-5-13)19-10-11-22(16)17;1-12-3-2-4-14(11-12)18(7-8-18)17-21-20-16-15(13-5-6-13)19-9-10-22(16)17;1-13(2)12-15-16-20-21-17(22(16)11-10-19-15)18(3,4)14-8-6-5-7-9-14/h3-13H,1-2H3;2-3,6-7,10-11,13H,4-5,8-9H2,1H3;2-4,9-11,13H,5-8H2,1H3;5-11,13H,12H2,1-4H3. The zero-order valence-electron chi connectivity index (χ0n) is 53.4. The number of ether oxygens (including phenoxy) is 1. The monoisotopic (exact) mass is 1240 g/mol. The predicted molar refractivity (Wildman–Crippen MR) is 357 cm³/mol. The van der Waals surface area contributed by atoms with E-state index in [0.717, 1.165) is 95.0 Å². The van der Waals surface area contributed by atoms with Gasteiger partial charge in [-0.2, -0.15) is 0 Å². The Balaban J connectivity index is 0.000000107. The minimum atomic E-state index is -0.330. The molecule has 92 heavy (non-hydrogen) atoms. The van der Waals surface area contributed by atoms with E-state index < -0.39 is 0 Å². The van der Waals surface area contributed by atoms with Gasteiger partial charge in [0.2, 0.25) is 5.65 Å². The molecule has 18 heteroatoms.